The molecule has 2 amide bonds. The van der Waals surface area contributed by atoms with Gasteiger partial charge in [-0.15, -0.1) is 0 Å². The van der Waals surface area contributed by atoms with Crippen molar-refractivity contribution in [3.63, 3.8) is 0 Å². The molecule has 1 aliphatic carbocycles. The van der Waals surface area contributed by atoms with E-state index in [0.717, 1.165) is 12.1 Å². The number of sulfonamides is 1. The molecule has 156 valence electrons. The van der Waals surface area contributed by atoms with Crippen molar-refractivity contribution in [3.8, 4) is 0 Å². The Kier molecular flexibility index (Phi) is 5.79. The van der Waals surface area contributed by atoms with Crippen molar-refractivity contribution in [1.82, 2.24) is 9.62 Å². The summed E-state index contributed by atoms with van der Waals surface area (Å²) in [6.07, 6.45) is 3.50. The van der Waals surface area contributed by atoms with Crippen LogP contribution in [0.2, 0.25) is 0 Å². The van der Waals surface area contributed by atoms with Crippen molar-refractivity contribution in [1.29, 1.82) is 0 Å². The van der Waals surface area contributed by atoms with E-state index in [0.29, 0.717) is 31.8 Å². The van der Waals surface area contributed by atoms with Crippen LogP contribution in [-0.2, 0) is 16.4 Å². The first-order valence-corrected chi connectivity index (χ1v) is 11.7. The van der Waals surface area contributed by atoms with Gasteiger partial charge in [-0.1, -0.05) is 13.0 Å². The Morgan fingerprint density at radius 3 is 2.39 bits per heavy atom. The standard InChI is InChI=1S/C21H33N3O3S/c1-14-6-7-18-15(2)19(9-8-17(14)18)22-20(25)24-12-10-16(11-13-24)23-28(26,27)21(3,4)5/h8-9,14,16,23H,6-7,10-13H2,1-5H3,(H,22,25). The predicted octanol–water partition coefficient (Wildman–Crippen LogP) is 3.76. The molecule has 7 heteroatoms. The Hall–Kier alpha value is -1.60. The zero-order valence-electron chi connectivity index (χ0n) is 17.6. The van der Waals surface area contributed by atoms with E-state index >= 15 is 0 Å². The normalized spacial score (nSPS) is 20.9. The Labute approximate surface area is 169 Å². The lowest BCUT2D eigenvalue weighted by Gasteiger charge is -2.34. The minimum Gasteiger partial charge on any atom is -0.324 e. The first-order chi connectivity index (χ1) is 13.0. The molecule has 3 rings (SSSR count). The van der Waals surface area contributed by atoms with E-state index in [1.807, 2.05) is 6.07 Å². The van der Waals surface area contributed by atoms with E-state index in [4.69, 9.17) is 0 Å². The van der Waals surface area contributed by atoms with E-state index in [1.165, 1.54) is 23.1 Å². The molecule has 28 heavy (non-hydrogen) atoms. The third-order valence-corrected chi connectivity index (χ3v) is 8.40. The molecular weight excluding hydrogens is 374 g/mol. The molecule has 2 aliphatic rings. The van der Waals surface area contributed by atoms with Gasteiger partial charge in [-0.3, -0.25) is 0 Å². The lowest BCUT2D eigenvalue weighted by Crippen LogP contribution is -2.50. The number of nitrogens with zero attached hydrogens (tertiary/aromatic N) is 1. The quantitative estimate of drug-likeness (QED) is 0.801. The number of piperidine rings is 1. The summed E-state index contributed by atoms with van der Waals surface area (Å²) < 4.78 is 26.6. The molecule has 0 radical (unpaired) electrons. The highest BCUT2D eigenvalue weighted by Gasteiger charge is 2.33. The molecule has 1 unspecified atom stereocenters. The number of anilines is 1. The topological polar surface area (TPSA) is 78.5 Å². The van der Waals surface area contributed by atoms with Gasteiger partial charge in [0, 0.05) is 24.8 Å². The van der Waals surface area contributed by atoms with Gasteiger partial charge >= 0.3 is 6.03 Å². The highest BCUT2D eigenvalue weighted by Crippen LogP contribution is 2.37. The summed E-state index contributed by atoms with van der Waals surface area (Å²) in [6, 6.07) is 3.93. The van der Waals surface area contributed by atoms with Crippen molar-refractivity contribution < 1.29 is 13.2 Å². The lowest BCUT2D eigenvalue weighted by atomic mass is 9.99. The average molecular weight is 408 g/mol. The maximum absolute atomic E-state index is 12.7. The summed E-state index contributed by atoms with van der Waals surface area (Å²) in [5.74, 6) is 0.592. The van der Waals surface area contributed by atoms with Gasteiger partial charge in [0.15, 0.2) is 0 Å². The van der Waals surface area contributed by atoms with Crippen LogP contribution >= 0.6 is 0 Å². The fourth-order valence-electron chi connectivity index (χ4n) is 4.01. The van der Waals surface area contributed by atoms with Crippen LogP contribution < -0.4 is 10.0 Å². The van der Waals surface area contributed by atoms with E-state index in [2.05, 4.69) is 30.0 Å². The van der Waals surface area contributed by atoms with Crippen molar-refractivity contribution in [2.75, 3.05) is 18.4 Å². The number of hydrogen-bond donors (Lipinski definition) is 2. The summed E-state index contributed by atoms with van der Waals surface area (Å²) in [6.45, 7) is 10.5. The molecule has 1 fully saturated rings. The molecular formula is C21H33N3O3S. The van der Waals surface area contributed by atoms with Gasteiger partial charge in [0.2, 0.25) is 10.0 Å². The molecule has 1 aliphatic heterocycles. The number of rotatable bonds is 3. The Morgan fingerprint density at radius 2 is 1.79 bits per heavy atom. The molecule has 1 saturated heterocycles. The molecule has 0 bridgehead atoms. The van der Waals surface area contributed by atoms with Crippen LogP contribution in [0.4, 0.5) is 10.5 Å². The number of hydrogen-bond acceptors (Lipinski definition) is 3. The number of nitrogens with one attached hydrogen (secondary N) is 2. The van der Waals surface area contributed by atoms with E-state index < -0.39 is 14.8 Å². The van der Waals surface area contributed by atoms with Crippen molar-refractivity contribution in [2.24, 2.45) is 0 Å². The third-order valence-electron chi connectivity index (χ3n) is 6.14. The number of urea groups is 1. The molecule has 0 spiro atoms. The van der Waals surface area contributed by atoms with Gasteiger partial charge in [0.1, 0.15) is 0 Å². The fourth-order valence-corrected chi connectivity index (χ4v) is 5.04. The van der Waals surface area contributed by atoms with Crippen LogP contribution in [0.5, 0.6) is 0 Å². The summed E-state index contributed by atoms with van der Waals surface area (Å²) >= 11 is 0. The molecule has 2 N–H and O–H groups in total. The van der Waals surface area contributed by atoms with E-state index in [-0.39, 0.29) is 12.1 Å². The monoisotopic (exact) mass is 407 g/mol. The molecule has 1 aromatic rings. The van der Waals surface area contributed by atoms with Crippen LogP contribution in [0.15, 0.2) is 12.1 Å². The Balaban J connectivity index is 1.58. The highest BCUT2D eigenvalue weighted by molar-refractivity contribution is 7.90. The zero-order chi connectivity index (χ0) is 20.7. The van der Waals surface area contributed by atoms with E-state index in [1.54, 1.807) is 25.7 Å². The van der Waals surface area contributed by atoms with Crippen LogP contribution in [0.1, 0.15) is 69.6 Å². The molecule has 1 heterocycles. The smallest absolute Gasteiger partial charge is 0.321 e. The summed E-state index contributed by atoms with van der Waals surface area (Å²) in [7, 11) is -3.37. The highest BCUT2D eigenvalue weighted by atomic mass is 32.2. The zero-order valence-corrected chi connectivity index (χ0v) is 18.4. The first kappa shape index (κ1) is 21.1. The van der Waals surface area contributed by atoms with Crippen molar-refractivity contribution in [3.05, 3.63) is 28.8 Å². The number of amides is 2. The summed E-state index contributed by atoms with van der Waals surface area (Å²) in [5, 5.41) is 3.06. The van der Waals surface area contributed by atoms with Crippen LogP contribution in [-0.4, -0.2) is 43.2 Å². The number of benzene rings is 1. The Bertz CT molecular complexity index is 850. The molecule has 1 atom stereocenters. The van der Waals surface area contributed by atoms with Gasteiger partial charge in [0.05, 0.1) is 4.75 Å². The molecule has 0 saturated carbocycles. The average Bonchev–Trinajstić information content (AvgIpc) is 2.98. The maximum Gasteiger partial charge on any atom is 0.321 e. The molecule has 1 aromatic carbocycles. The lowest BCUT2D eigenvalue weighted by molar-refractivity contribution is 0.193. The van der Waals surface area contributed by atoms with Gasteiger partial charge < -0.3 is 10.2 Å². The molecule has 0 aromatic heterocycles. The number of fused-ring (bicyclic) bond motifs is 1. The van der Waals surface area contributed by atoms with E-state index in [9.17, 15) is 13.2 Å². The van der Waals surface area contributed by atoms with Gasteiger partial charge in [-0.05, 0) is 82.1 Å². The minimum absolute atomic E-state index is 0.105. The van der Waals surface area contributed by atoms with Crippen LogP contribution in [0.25, 0.3) is 0 Å². The maximum atomic E-state index is 12.7. The second-order valence-electron chi connectivity index (χ2n) is 9.17. The predicted molar refractivity (Wildman–Crippen MR) is 113 cm³/mol. The third kappa shape index (κ3) is 4.20. The fraction of sp³-hybridized carbons (Fsp3) is 0.667. The SMILES string of the molecule is Cc1c(NC(=O)N2CCC(NS(=O)(=O)C(C)(C)C)CC2)ccc2c1CCC2C. The van der Waals surface area contributed by atoms with Crippen LogP contribution in [0, 0.1) is 6.92 Å². The van der Waals surface area contributed by atoms with Crippen LogP contribution in [0.3, 0.4) is 0 Å². The number of carbonyl (C=O) groups excluding carboxylic acids is 1. The van der Waals surface area contributed by atoms with Crippen molar-refractivity contribution >= 4 is 21.7 Å². The summed E-state index contributed by atoms with van der Waals surface area (Å²) in [4.78, 5) is 14.5. The van der Waals surface area contributed by atoms with Gasteiger partial charge in [-0.2, -0.15) is 0 Å². The van der Waals surface area contributed by atoms with Gasteiger partial charge in [-0.25, -0.2) is 17.9 Å². The number of likely N-dealkylation sites (tertiary alicyclic amines) is 1. The van der Waals surface area contributed by atoms with Crippen molar-refractivity contribution in [2.45, 2.75) is 77.0 Å². The number of carbonyl (C=O) groups is 1. The first-order valence-electron chi connectivity index (χ1n) is 10.2. The second-order valence-corrected chi connectivity index (χ2v) is 11.6. The second kappa shape index (κ2) is 7.67. The van der Waals surface area contributed by atoms with Gasteiger partial charge in [0.25, 0.3) is 0 Å². The Morgan fingerprint density at radius 1 is 1.14 bits per heavy atom. The minimum atomic E-state index is -3.37. The summed E-state index contributed by atoms with van der Waals surface area (Å²) in [5.41, 5.74) is 4.83. The largest absolute Gasteiger partial charge is 0.324 e. The molecule has 6 nitrogen and oxygen atoms in total.